The van der Waals surface area contributed by atoms with E-state index in [4.69, 9.17) is 32.7 Å². The Hall–Kier alpha value is -2.01. The van der Waals surface area contributed by atoms with Crippen molar-refractivity contribution in [3.05, 3.63) is 26.2 Å². The molecule has 33 heavy (non-hydrogen) atoms. The van der Waals surface area contributed by atoms with Gasteiger partial charge in [-0.2, -0.15) is 4.39 Å². The van der Waals surface area contributed by atoms with E-state index in [0.717, 1.165) is 0 Å². The second kappa shape index (κ2) is 13.0. The summed E-state index contributed by atoms with van der Waals surface area (Å²) in [5.74, 6) is -3.82. The van der Waals surface area contributed by atoms with Gasteiger partial charge in [-0.05, 0) is 32.6 Å². The molecule has 0 fully saturated rings. The van der Waals surface area contributed by atoms with Crippen molar-refractivity contribution in [2.75, 3.05) is 37.7 Å². The van der Waals surface area contributed by atoms with Gasteiger partial charge in [-0.25, -0.2) is 9.69 Å². The summed E-state index contributed by atoms with van der Waals surface area (Å²) in [5, 5.41) is -1.21. The highest BCUT2D eigenvalue weighted by molar-refractivity contribution is 7.11. The van der Waals surface area contributed by atoms with E-state index in [1.807, 2.05) is 0 Å². The van der Waals surface area contributed by atoms with Gasteiger partial charge in [-0.1, -0.05) is 11.6 Å². The Morgan fingerprint density at radius 2 is 1.79 bits per heavy atom. The summed E-state index contributed by atoms with van der Waals surface area (Å²) in [6.07, 6.45) is 1.36. The van der Waals surface area contributed by atoms with Crippen LogP contribution in [0.3, 0.4) is 0 Å². The third-order valence-electron chi connectivity index (χ3n) is 4.81. The lowest BCUT2D eigenvalue weighted by atomic mass is 9.90. The van der Waals surface area contributed by atoms with Crippen LogP contribution in [-0.4, -0.2) is 56.6 Å². The van der Waals surface area contributed by atoms with Crippen LogP contribution >= 0.6 is 34.5 Å². The summed E-state index contributed by atoms with van der Waals surface area (Å²) >= 11 is 12.5. The van der Waals surface area contributed by atoms with Gasteiger partial charge in [0.25, 0.3) is 5.91 Å². The normalized spacial score (nSPS) is 13.6. The minimum absolute atomic E-state index is 0.00381. The average molecular weight is 524 g/mol. The molecule has 0 atom stereocenters. The number of rotatable bonds is 10. The second-order valence-corrected chi connectivity index (χ2v) is 8.58. The number of carbonyl (C=O) groups is 4. The maximum atomic E-state index is 14.9. The predicted molar refractivity (Wildman–Crippen MR) is 121 cm³/mol. The highest BCUT2D eigenvalue weighted by Gasteiger charge is 2.36. The zero-order chi connectivity index (χ0) is 24.5. The predicted octanol–water partition coefficient (Wildman–Crippen LogP) is 3.80. The zero-order valence-corrected chi connectivity index (χ0v) is 20.5. The van der Waals surface area contributed by atoms with Crippen LogP contribution in [0, 0.1) is 5.13 Å². The molecule has 182 valence electrons. The first-order valence-corrected chi connectivity index (χ1v) is 11.9. The molecule has 2 amide bonds. The van der Waals surface area contributed by atoms with Crippen molar-refractivity contribution in [1.29, 1.82) is 0 Å². The lowest BCUT2D eigenvalue weighted by molar-refractivity contribution is -0.141. The van der Waals surface area contributed by atoms with Crippen molar-refractivity contribution in [2.45, 2.75) is 39.0 Å². The van der Waals surface area contributed by atoms with Crippen LogP contribution in [0.15, 0.2) is 11.1 Å². The number of amides is 2. The molecule has 0 spiro atoms. The molecule has 1 heterocycles. The van der Waals surface area contributed by atoms with E-state index < -0.39 is 40.5 Å². The third kappa shape index (κ3) is 6.75. The third-order valence-corrected chi connectivity index (χ3v) is 6.53. The second-order valence-electron chi connectivity index (χ2n) is 6.88. The fraction of sp³-hybridized carbons (Fsp3) is 0.524. The minimum Gasteiger partial charge on any atom is -0.469 e. The summed E-state index contributed by atoms with van der Waals surface area (Å²) in [6.45, 7) is 2.47. The van der Waals surface area contributed by atoms with Crippen molar-refractivity contribution < 1.29 is 37.8 Å². The van der Waals surface area contributed by atoms with Crippen LogP contribution in [0.1, 0.15) is 37.5 Å². The quantitative estimate of drug-likeness (QED) is 0.261. The van der Waals surface area contributed by atoms with E-state index in [1.54, 1.807) is 6.92 Å². The Morgan fingerprint density at radius 3 is 2.39 bits per heavy atom. The van der Waals surface area contributed by atoms with Gasteiger partial charge in [-0.15, -0.1) is 22.9 Å². The Balaban J connectivity index is 2.44. The van der Waals surface area contributed by atoms with Crippen LogP contribution in [-0.2, 0) is 39.8 Å². The lowest BCUT2D eigenvalue weighted by Gasteiger charge is -2.25. The number of hydrogen-bond acceptors (Lipinski definition) is 8. The highest BCUT2D eigenvalue weighted by Crippen LogP contribution is 2.41. The molecule has 1 aliphatic carbocycles. The van der Waals surface area contributed by atoms with E-state index in [0.29, 0.717) is 35.7 Å². The largest absolute Gasteiger partial charge is 0.469 e. The van der Waals surface area contributed by atoms with E-state index >= 15 is 0 Å². The number of esters is 2. The molecule has 0 saturated carbocycles. The molecule has 8 nitrogen and oxygen atoms in total. The van der Waals surface area contributed by atoms with Gasteiger partial charge >= 0.3 is 11.9 Å². The van der Waals surface area contributed by atoms with E-state index in [-0.39, 0.29) is 53.5 Å². The molecule has 0 aromatic carbocycles. The Morgan fingerprint density at radius 1 is 1.12 bits per heavy atom. The summed E-state index contributed by atoms with van der Waals surface area (Å²) < 4.78 is 29.8. The molecule has 1 aliphatic rings. The van der Waals surface area contributed by atoms with Gasteiger partial charge in [0, 0.05) is 22.6 Å². The number of ether oxygens (including phenoxy) is 3. The smallest absolute Gasteiger partial charge is 0.334 e. The number of carbonyl (C=O) groups excluding carboxylic acids is 4. The molecule has 1 aromatic rings. The summed E-state index contributed by atoms with van der Waals surface area (Å²) in [7, 11) is 1.17. The topological polar surface area (TPSA) is 99.2 Å². The first-order valence-electron chi connectivity index (χ1n) is 10.2. The lowest BCUT2D eigenvalue weighted by Crippen LogP contribution is -2.40. The average Bonchev–Trinajstić information content (AvgIpc) is 3.09. The van der Waals surface area contributed by atoms with Crippen molar-refractivity contribution in [3.63, 3.8) is 0 Å². The van der Waals surface area contributed by atoms with Gasteiger partial charge in [0.1, 0.15) is 18.2 Å². The molecular formula is C21H24Cl2FNO7S. The molecule has 0 saturated heterocycles. The molecule has 0 aliphatic heterocycles. The zero-order valence-electron chi connectivity index (χ0n) is 18.2. The van der Waals surface area contributed by atoms with E-state index in [2.05, 4.69) is 4.74 Å². The number of imide groups is 1. The molecule has 0 radical (unpaired) electrons. The van der Waals surface area contributed by atoms with E-state index in [9.17, 15) is 23.6 Å². The van der Waals surface area contributed by atoms with Gasteiger partial charge in [-0.3, -0.25) is 14.4 Å². The molecule has 0 unspecified atom stereocenters. The van der Waals surface area contributed by atoms with Crippen LogP contribution in [0.2, 0.25) is 5.02 Å². The number of hydrogen-bond donors (Lipinski definition) is 0. The van der Waals surface area contributed by atoms with Crippen LogP contribution in [0.25, 0.3) is 0 Å². The van der Waals surface area contributed by atoms with Gasteiger partial charge in [0.15, 0.2) is 0 Å². The van der Waals surface area contributed by atoms with Gasteiger partial charge in [0.05, 0.1) is 25.2 Å². The first kappa shape index (κ1) is 27.2. The SMILES string of the molecule is CCOCCOC(=O)C1=C(C(=O)N(C(=O)CCl)c2c(F)sc(CC(=O)OC)c2Cl)CCCC1. The van der Waals surface area contributed by atoms with E-state index in [1.165, 1.54) is 7.11 Å². The van der Waals surface area contributed by atoms with Gasteiger partial charge < -0.3 is 14.2 Å². The highest BCUT2D eigenvalue weighted by atomic mass is 35.5. The Bertz CT molecular complexity index is 947. The summed E-state index contributed by atoms with van der Waals surface area (Å²) in [5.41, 5.74) is -0.340. The Labute approximate surface area is 204 Å². The molecule has 12 heteroatoms. The van der Waals surface area contributed by atoms with Gasteiger partial charge in [0.2, 0.25) is 11.0 Å². The number of thiophene rings is 1. The maximum absolute atomic E-state index is 14.9. The van der Waals surface area contributed by atoms with Crippen molar-refractivity contribution in [2.24, 2.45) is 0 Å². The first-order chi connectivity index (χ1) is 15.8. The number of methoxy groups -OCH3 is 1. The van der Waals surface area contributed by atoms with Crippen LogP contribution < -0.4 is 4.90 Å². The van der Waals surface area contributed by atoms with Crippen molar-refractivity contribution >= 4 is 64.0 Å². The van der Waals surface area contributed by atoms with Crippen LogP contribution in [0.5, 0.6) is 0 Å². The molecular weight excluding hydrogens is 500 g/mol. The molecule has 2 rings (SSSR count). The number of nitrogens with zero attached hydrogens (tertiary/aromatic N) is 1. The fourth-order valence-electron chi connectivity index (χ4n) is 3.25. The maximum Gasteiger partial charge on any atom is 0.334 e. The molecule has 1 aromatic heterocycles. The van der Waals surface area contributed by atoms with Crippen molar-refractivity contribution in [3.8, 4) is 0 Å². The van der Waals surface area contributed by atoms with Crippen LogP contribution in [0.4, 0.5) is 10.1 Å². The van der Waals surface area contributed by atoms with Crippen molar-refractivity contribution in [1.82, 2.24) is 0 Å². The Kier molecular flexibility index (Phi) is 10.7. The molecule has 0 N–H and O–H groups in total. The standard InChI is InChI=1S/C21H24Cl2FNO7S/c1-3-31-8-9-32-21(29)13-7-5-4-6-12(13)20(28)25(15(26)11-22)18-17(23)14(33-19(18)24)10-16(27)30-2/h3-11H2,1-2H3. The number of halogens is 3. The minimum atomic E-state index is -0.942. The summed E-state index contributed by atoms with van der Waals surface area (Å²) in [4.78, 5) is 50.9. The monoisotopic (exact) mass is 523 g/mol. The number of alkyl halides is 1. The number of anilines is 1. The fourth-order valence-corrected chi connectivity index (χ4v) is 4.66. The summed E-state index contributed by atoms with van der Waals surface area (Å²) in [6, 6.07) is 0. The molecule has 0 bridgehead atoms.